The number of anilines is 1. The predicted octanol–water partition coefficient (Wildman–Crippen LogP) is 3.36. The van der Waals surface area contributed by atoms with Crippen LogP contribution in [0, 0.1) is 18.6 Å². The number of hydrogen-bond acceptors (Lipinski definition) is 5. The van der Waals surface area contributed by atoms with Gasteiger partial charge in [0.25, 0.3) is 0 Å². The number of nitrogens with two attached hydrogens (primary N) is 1. The number of halogens is 2. The van der Waals surface area contributed by atoms with Crippen LogP contribution in [0.25, 0.3) is 11.4 Å². The number of carbonyl (C=O) groups is 1. The van der Waals surface area contributed by atoms with Crippen LogP contribution in [0.1, 0.15) is 12.5 Å². The van der Waals surface area contributed by atoms with E-state index in [-0.39, 0.29) is 5.69 Å². The minimum atomic E-state index is -0.843. The number of nitrogen functional groups attached to an aromatic ring is 1. The van der Waals surface area contributed by atoms with Gasteiger partial charge in [0, 0.05) is 11.6 Å². The van der Waals surface area contributed by atoms with E-state index in [0.717, 1.165) is 29.0 Å². The normalized spacial score (nSPS) is 12.0. The molecule has 0 aliphatic heterocycles. The van der Waals surface area contributed by atoms with Gasteiger partial charge in [0.1, 0.15) is 11.6 Å². The van der Waals surface area contributed by atoms with E-state index in [1.54, 1.807) is 6.92 Å². The van der Waals surface area contributed by atoms with E-state index in [9.17, 15) is 13.6 Å². The van der Waals surface area contributed by atoms with E-state index in [1.807, 2.05) is 31.2 Å². The van der Waals surface area contributed by atoms with Gasteiger partial charge in [0.15, 0.2) is 5.82 Å². The lowest BCUT2D eigenvalue weighted by Crippen LogP contribution is -2.24. The quantitative estimate of drug-likeness (QED) is 0.516. The predicted molar refractivity (Wildman–Crippen MR) is 101 cm³/mol. The van der Waals surface area contributed by atoms with Crippen molar-refractivity contribution in [3.63, 3.8) is 0 Å². The maximum atomic E-state index is 13.7. The number of benzene rings is 2. The number of aromatic nitrogens is 3. The van der Waals surface area contributed by atoms with Gasteiger partial charge in [0.2, 0.25) is 11.1 Å². The van der Waals surface area contributed by atoms with Crippen molar-refractivity contribution >= 4 is 23.4 Å². The van der Waals surface area contributed by atoms with Gasteiger partial charge >= 0.3 is 0 Å². The molecule has 3 N–H and O–H groups in total. The number of aryl methyl sites for hydroxylation is 1. The fourth-order valence-corrected chi connectivity index (χ4v) is 3.17. The lowest BCUT2D eigenvalue weighted by Gasteiger charge is -2.12. The summed E-state index contributed by atoms with van der Waals surface area (Å²) in [6.45, 7) is 3.56. The van der Waals surface area contributed by atoms with Crippen LogP contribution in [0.4, 0.5) is 14.5 Å². The first kappa shape index (κ1) is 18.8. The van der Waals surface area contributed by atoms with Gasteiger partial charge in [-0.25, -0.2) is 13.5 Å². The monoisotopic (exact) mass is 389 g/mol. The summed E-state index contributed by atoms with van der Waals surface area (Å²) in [6.07, 6.45) is 0. The van der Waals surface area contributed by atoms with Crippen molar-refractivity contribution in [2.24, 2.45) is 0 Å². The third-order valence-electron chi connectivity index (χ3n) is 3.89. The molecule has 0 saturated heterocycles. The number of nitrogens with zero attached hydrogens (tertiary/aromatic N) is 3. The average molecular weight is 389 g/mol. The zero-order valence-electron chi connectivity index (χ0n) is 14.6. The molecule has 0 unspecified atom stereocenters. The van der Waals surface area contributed by atoms with Crippen molar-refractivity contribution < 1.29 is 13.6 Å². The van der Waals surface area contributed by atoms with Gasteiger partial charge in [-0.15, -0.1) is 10.2 Å². The molecule has 0 bridgehead atoms. The summed E-state index contributed by atoms with van der Waals surface area (Å²) in [5.74, 6) is 4.54. The van der Waals surface area contributed by atoms with Gasteiger partial charge in [-0.3, -0.25) is 4.79 Å². The molecule has 27 heavy (non-hydrogen) atoms. The van der Waals surface area contributed by atoms with Gasteiger partial charge in [0.05, 0.1) is 10.9 Å². The number of carbonyl (C=O) groups excluding carboxylic acids is 1. The molecule has 3 rings (SSSR count). The molecule has 0 aliphatic carbocycles. The van der Waals surface area contributed by atoms with Crippen molar-refractivity contribution in [1.29, 1.82) is 0 Å². The molecule has 9 heteroatoms. The maximum absolute atomic E-state index is 13.7. The van der Waals surface area contributed by atoms with Crippen LogP contribution in [-0.4, -0.2) is 26.0 Å². The minimum Gasteiger partial charge on any atom is -0.335 e. The Morgan fingerprint density at radius 3 is 2.67 bits per heavy atom. The van der Waals surface area contributed by atoms with Crippen molar-refractivity contribution in [1.82, 2.24) is 14.9 Å². The number of amides is 1. The van der Waals surface area contributed by atoms with Crippen LogP contribution in [0.15, 0.2) is 47.6 Å². The van der Waals surface area contributed by atoms with Crippen LogP contribution in [0.2, 0.25) is 0 Å². The topological polar surface area (TPSA) is 85.8 Å². The first-order chi connectivity index (χ1) is 12.9. The molecule has 0 spiro atoms. The Balaban J connectivity index is 1.73. The van der Waals surface area contributed by atoms with Crippen LogP contribution < -0.4 is 11.2 Å². The molecule has 1 atom stereocenters. The molecule has 140 valence electrons. The smallest absolute Gasteiger partial charge is 0.237 e. The molecule has 0 radical (unpaired) electrons. The van der Waals surface area contributed by atoms with E-state index in [4.69, 9.17) is 5.84 Å². The van der Waals surface area contributed by atoms with E-state index < -0.39 is 22.8 Å². The third-order valence-corrected chi connectivity index (χ3v) is 4.95. The van der Waals surface area contributed by atoms with Crippen LogP contribution in [0.5, 0.6) is 0 Å². The third kappa shape index (κ3) is 4.08. The summed E-state index contributed by atoms with van der Waals surface area (Å²) in [7, 11) is 0. The van der Waals surface area contributed by atoms with Crippen LogP contribution in [0.3, 0.4) is 0 Å². The Hall–Kier alpha value is -2.94. The van der Waals surface area contributed by atoms with Crippen molar-refractivity contribution in [3.05, 3.63) is 59.7 Å². The van der Waals surface area contributed by atoms with E-state index in [0.29, 0.717) is 17.0 Å². The van der Waals surface area contributed by atoms with E-state index >= 15 is 0 Å². The highest BCUT2D eigenvalue weighted by Gasteiger charge is 2.21. The minimum absolute atomic E-state index is 0.0938. The lowest BCUT2D eigenvalue weighted by atomic mass is 10.1. The van der Waals surface area contributed by atoms with Gasteiger partial charge in [-0.1, -0.05) is 36.0 Å². The second-order valence-corrected chi connectivity index (χ2v) is 7.17. The highest BCUT2D eigenvalue weighted by Crippen LogP contribution is 2.27. The molecule has 1 amide bonds. The number of thioether (sulfide) groups is 1. The number of rotatable bonds is 5. The summed E-state index contributed by atoms with van der Waals surface area (Å²) in [5.41, 5.74) is 1.74. The Labute approximate surface area is 158 Å². The Morgan fingerprint density at radius 2 is 1.96 bits per heavy atom. The second-order valence-electron chi connectivity index (χ2n) is 5.86. The summed E-state index contributed by atoms with van der Waals surface area (Å²) in [5, 5.41) is 10.3. The molecule has 0 aliphatic rings. The molecule has 1 heterocycles. The molecular weight excluding hydrogens is 372 g/mol. The van der Waals surface area contributed by atoms with Crippen LogP contribution >= 0.6 is 11.8 Å². The van der Waals surface area contributed by atoms with Crippen molar-refractivity contribution in [2.45, 2.75) is 24.3 Å². The van der Waals surface area contributed by atoms with Crippen molar-refractivity contribution in [2.75, 3.05) is 11.2 Å². The average Bonchev–Trinajstić information content (AvgIpc) is 2.98. The summed E-state index contributed by atoms with van der Waals surface area (Å²) in [6, 6.07) is 10.5. The Morgan fingerprint density at radius 1 is 1.22 bits per heavy atom. The Kier molecular flexibility index (Phi) is 5.41. The zero-order valence-corrected chi connectivity index (χ0v) is 15.4. The molecule has 0 saturated carbocycles. The first-order valence-corrected chi connectivity index (χ1v) is 8.94. The SMILES string of the molecule is Cc1ccccc1-c1nnc(S[C@H](C)C(=O)Nc2ccc(F)cc2F)n1N. The lowest BCUT2D eigenvalue weighted by molar-refractivity contribution is -0.115. The number of hydrogen-bond donors (Lipinski definition) is 2. The largest absolute Gasteiger partial charge is 0.335 e. The van der Waals surface area contributed by atoms with Gasteiger partial charge in [-0.05, 0) is 31.5 Å². The highest BCUT2D eigenvalue weighted by atomic mass is 32.2. The fourth-order valence-electron chi connectivity index (χ4n) is 2.40. The zero-order chi connectivity index (χ0) is 19.6. The molecule has 1 aromatic heterocycles. The summed E-state index contributed by atoms with van der Waals surface area (Å²) >= 11 is 1.08. The molecule has 2 aromatic carbocycles. The fraction of sp³-hybridized carbons (Fsp3) is 0.167. The van der Waals surface area contributed by atoms with E-state index in [1.165, 1.54) is 10.7 Å². The first-order valence-electron chi connectivity index (χ1n) is 8.06. The standard InChI is InChI=1S/C18H17F2N5OS/c1-10-5-3-4-6-13(10)16-23-24-18(25(16)21)27-11(2)17(26)22-15-8-7-12(19)9-14(15)20/h3-9,11H,21H2,1-2H3,(H,22,26)/t11-/m1/s1. The summed E-state index contributed by atoms with van der Waals surface area (Å²) in [4.78, 5) is 12.3. The molecule has 3 aromatic rings. The van der Waals surface area contributed by atoms with Crippen LogP contribution in [-0.2, 0) is 4.79 Å². The van der Waals surface area contributed by atoms with Crippen molar-refractivity contribution in [3.8, 4) is 11.4 Å². The Bertz CT molecular complexity index is 992. The summed E-state index contributed by atoms with van der Waals surface area (Å²) < 4.78 is 28.0. The number of nitrogens with one attached hydrogen (secondary N) is 1. The molecular formula is C18H17F2N5OS. The molecule has 0 fully saturated rings. The van der Waals surface area contributed by atoms with Gasteiger partial charge in [-0.2, -0.15) is 0 Å². The van der Waals surface area contributed by atoms with Gasteiger partial charge < -0.3 is 11.2 Å². The van der Waals surface area contributed by atoms with E-state index in [2.05, 4.69) is 15.5 Å². The molecule has 6 nitrogen and oxygen atoms in total. The maximum Gasteiger partial charge on any atom is 0.237 e. The second kappa shape index (κ2) is 7.75. The highest BCUT2D eigenvalue weighted by molar-refractivity contribution is 8.00.